The molecule has 0 aliphatic carbocycles. The summed E-state index contributed by atoms with van der Waals surface area (Å²) in [6.45, 7) is 3.88. The van der Waals surface area contributed by atoms with Crippen LogP contribution in [0.1, 0.15) is 0 Å². The fraction of sp³-hybridized carbons (Fsp3) is 0. The Morgan fingerprint density at radius 2 is 1.83 bits per heavy atom. The molecule has 2 aromatic heterocycles. The van der Waals surface area contributed by atoms with Crippen LogP contribution in [0, 0.1) is 0 Å². The van der Waals surface area contributed by atoms with E-state index in [0.29, 0.717) is 27.1 Å². The van der Waals surface area contributed by atoms with Gasteiger partial charge in [0.15, 0.2) is 5.13 Å². The lowest BCUT2D eigenvalue weighted by molar-refractivity contribution is 0.601. The van der Waals surface area contributed by atoms with Crippen molar-refractivity contribution in [2.24, 2.45) is 0 Å². The number of hydrogen-bond donors (Lipinski definition) is 3. The van der Waals surface area contributed by atoms with E-state index in [9.17, 15) is 13.2 Å². The van der Waals surface area contributed by atoms with Crippen molar-refractivity contribution in [1.82, 2.24) is 14.8 Å². The molecule has 2 aromatic carbocycles. The number of hydrogen-bond acceptors (Lipinski definition) is 6. The molecule has 0 aliphatic rings. The highest BCUT2D eigenvalue weighted by molar-refractivity contribution is 7.93. The van der Waals surface area contributed by atoms with Crippen LogP contribution in [0.5, 0.6) is 0 Å². The molecule has 3 N–H and O–H groups in total. The maximum absolute atomic E-state index is 12.7. The van der Waals surface area contributed by atoms with Gasteiger partial charge in [0, 0.05) is 23.5 Å². The second-order valence-corrected chi connectivity index (χ2v) is 8.81. The minimum Gasteiger partial charge on any atom is -0.361 e. The van der Waals surface area contributed by atoms with Gasteiger partial charge in [-0.15, -0.1) is 11.3 Å². The number of nitrogens with one attached hydrogen (secondary N) is 3. The van der Waals surface area contributed by atoms with Gasteiger partial charge in [0.1, 0.15) is 0 Å². The summed E-state index contributed by atoms with van der Waals surface area (Å²) >= 11 is 1.20. The van der Waals surface area contributed by atoms with E-state index in [1.807, 2.05) is 30.3 Å². The highest BCUT2D eigenvalue weighted by Gasteiger charge is 2.15. The van der Waals surface area contributed by atoms with Crippen molar-refractivity contribution in [3.05, 3.63) is 87.1 Å². The van der Waals surface area contributed by atoms with Gasteiger partial charge in [-0.3, -0.25) is 14.6 Å². The summed E-state index contributed by atoms with van der Waals surface area (Å²) in [6, 6.07) is 15.3. The SMILES string of the molecule is C=c1[nH]n(-c2ccccc2)c(=O)c1=CNc1ccc(S(=O)(=O)Nc2nccs2)cc1. The van der Waals surface area contributed by atoms with Crippen LogP contribution in [-0.2, 0) is 10.0 Å². The van der Waals surface area contributed by atoms with Gasteiger partial charge in [-0.05, 0) is 36.4 Å². The zero-order valence-electron chi connectivity index (χ0n) is 15.6. The number of benzene rings is 2. The number of sulfonamides is 1. The van der Waals surface area contributed by atoms with Crippen molar-refractivity contribution in [1.29, 1.82) is 0 Å². The minimum absolute atomic E-state index is 0.106. The van der Waals surface area contributed by atoms with E-state index in [0.717, 1.165) is 0 Å². The average Bonchev–Trinajstić information content (AvgIpc) is 3.35. The molecule has 2 heterocycles. The molecular formula is C20H17N5O3S2. The van der Waals surface area contributed by atoms with E-state index >= 15 is 0 Å². The Balaban J connectivity index is 1.56. The third-order valence-electron chi connectivity index (χ3n) is 4.22. The van der Waals surface area contributed by atoms with Crippen LogP contribution >= 0.6 is 11.3 Å². The van der Waals surface area contributed by atoms with E-state index in [2.05, 4.69) is 26.7 Å². The smallest absolute Gasteiger partial charge is 0.280 e. The number of rotatable bonds is 6. The van der Waals surface area contributed by atoms with E-state index in [4.69, 9.17) is 0 Å². The first kappa shape index (κ1) is 19.7. The van der Waals surface area contributed by atoms with Gasteiger partial charge >= 0.3 is 0 Å². The summed E-state index contributed by atoms with van der Waals surface area (Å²) in [6.07, 6.45) is 3.06. The van der Waals surface area contributed by atoms with E-state index in [-0.39, 0.29) is 10.5 Å². The molecule has 152 valence electrons. The fourth-order valence-corrected chi connectivity index (χ4v) is 4.53. The second kappa shape index (κ2) is 8.01. The van der Waals surface area contributed by atoms with Gasteiger partial charge in [0.05, 0.1) is 21.2 Å². The maximum atomic E-state index is 12.7. The number of H-pyrrole nitrogens is 1. The normalized spacial score (nSPS) is 12.1. The Morgan fingerprint density at radius 3 is 2.50 bits per heavy atom. The topological polar surface area (TPSA) is 109 Å². The fourth-order valence-electron chi connectivity index (χ4n) is 2.74. The van der Waals surface area contributed by atoms with Crippen molar-refractivity contribution in [3.63, 3.8) is 0 Å². The Kier molecular flexibility index (Phi) is 5.25. The molecule has 0 saturated carbocycles. The van der Waals surface area contributed by atoms with E-state index in [1.54, 1.807) is 17.5 Å². The molecule has 0 radical (unpaired) electrons. The third kappa shape index (κ3) is 4.04. The molecule has 0 atom stereocenters. The predicted octanol–water partition coefficient (Wildman–Crippen LogP) is 1.68. The number of thiazole rings is 1. The standard InChI is InChI=1S/C20H17N5O3S2/c1-14-18(19(26)25(23-14)16-5-3-2-4-6-16)13-22-15-7-9-17(10-8-15)30(27,28)24-20-21-11-12-29-20/h2-13,22-23H,1H2,(H,21,24). The van der Waals surface area contributed by atoms with Crippen LogP contribution in [0.25, 0.3) is 18.5 Å². The number of anilines is 2. The highest BCUT2D eigenvalue weighted by Crippen LogP contribution is 2.19. The Morgan fingerprint density at radius 1 is 1.10 bits per heavy atom. The summed E-state index contributed by atoms with van der Waals surface area (Å²) < 4.78 is 28.6. The zero-order chi connectivity index (χ0) is 21.1. The van der Waals surface area contributed by atoms with Crippen molar-refractivity contribution < 1.29 is 8.42 Å². The first-order valence-corrected chi connectivity index (χ1v) is 11.1. The van der Waals surface area contributed by atoms with Crippen LogP contribution in [0.2, 0.25) is 0 Å². The number of aromatic amines is 1. The predicted molar refractivity (Wildman–Crippen MR) is 119 cm³/mol. The van der Waals surface area contributed by atoms with Gasteiger partial charge < -0.3 is 5.32 Å². The largest absolute Gasteiger partial charge is 0.361 e. The van der Waals surface area contributed by atoms with Crippen LogP contribution in [0.15, 0.2) is 75.9 Å². The Labute approximate surface area is 175 Å². The van der Waals surface area contributed by atoms with E-state index in [1.165, 1.54) is 40.5 Å². The van der Waals surface area contributed by atoms with Crippen molar-refractivity contribution in [3.8, 4) is 5.69 Å². The van der Waals surface area contributed by atoms with Gasteiger partial charge in [0.2, 0.25) is 0 Å². The van der Waals surface area contributed by atoms with Gasteiger partial charge in [-0.25, -0.2) is 18.1 Å². The molecular weight excluding hydrogens is 422 g/mol. The molecule has 0 fully saturated rings. The molecule has 4 aromatic rings. The lowest BCUT2D eigenvalue weighted by atomic mass is 10.3. The zero-order valence-corrected chi connectivity index (χ0v) is 17.2. The van der Waals surface area contributed by atoms with Crippen molar-refractivity contribution in [2.45, 2.75) is 4.90 Å². The quantitative estimate of drug-likeness (QED) is 0.424. The molecule has 0 spiro atoms. The second-order valence-electron chi connectivity index (χ2n) is 6.24. The molecule has 0 bridgehead atoms. The first-order valence-electron chi connectivity index (χ1n) is 8.78. The Bertz CT molecular complexity index is 1420. The third-order valence-corrected chi connectivity index (χ3v) is 6.39. The molecule has 0 saturated heterocycles. The maximum Gasteiger partial charge on any atom is 0.280 e. The lowest BCUT2D eigenvalue weighted by Crippen LogP contribution is -2.34. The van der Waals surface area contributed by atoms with Crippen LogP contribution in [-0.4, -0.2) is 23.2 Å². The molecule has 4 rings (SSSR count). The van der Waals surface area contributed by atoms with Crippen LogP contribution in [0.3, 0.4) is 0 Å². The molecule has 0 aliphatic heterocycles. The summed E-state index contributed by atoms with van der Waals surface area (Å²) in [7, 11) is -3.72. The summed E-state index contributed by atoms with van der Waals surface area (Å²) in [5.41, 5.74) is 1.08. The van der Waals surface area contributed by atoms with Crippen LogP contribution < -0.4 is 26.2 Å². The lowest BCUT2D eigenvalue weighted by Gasteiger charge is -2.06. The first-order chi connectivity index (χ1) is 14.4. The summed E-state index contributed by atoms with van der Waals surface area (Å²) in [5, 5.41) is 8.78. The molecule has 0 amide bonds. The molecule has 10 heteroatoms. The van der Waals surface area contributed by atoms with E-state index < -0.39 is 10.0 Å². The molecule has 30 heavy (non-hydrogen) atoms. The van der Waals surface area contributed by atoms with Gasteiger partial charge in [-0.1, -0.05) is 24.8 Å². The molecule has 0 unspecified atom stereocenters. The number of para-hydroxylation sites is 1. The Hall–Kier alpha value is -3.63. The summed E-state index contributed by atoms with van der Waals surface area (Å²) in [5.74, 6) is 0. The highest BCUT2D eigenvalue weighted by atomic mass is 32.2. The average molecular weight is 440 g/mol. The van der Waals surface area contributed by atoms with Crippen molar-refractivity contribution >= 4 is 45.0 Å². The molecule has 8 nitrogen and oxygen atoms in total. The number of nitrogens with zero attached hydrogens (tertiary/aromatic N) is 2. The minimum atomic E-state index is -3.72. The van der Waals surface area contributed by atoms with Gasteiger partial charge in [-0.2, -0.15) is 0 Å². The monoisotopic (exact) mass is 439 g/mol. The summed E-state index contributed by atoms with van der Waals surface area (Å²) in [4.78, 5) is 16.7. The number of aromatic nitrogens is 3. The van der Waals surface area contributed by atoms with Crippen molar-refractivity contribution in [2.75, 3.05) is 10.0 Å². The van der Waals surface area contributed by atoms with Crippen LogP contribution in [0.4, 0.5) is 10.8 Å². The van der Waals surface area contributed by atoms with Gasteiger partial charge in [0.25, 0.3) is 15.6 Å².